The van der Waals surface area contributed by atoms with E-state index in [1.54, 1.807) is 54.6 Å². The molecule has 0 aliphatic rings. The molecule has 10 nitrogen and oxygen atoms in total. The van der Waals surface area contributed by atoms with E-state index in [1.165, 1.54) is 25.3 Å². The van der Waals surface area contributed by atoms with Gasteiger partial charge in [-0.15, -0.1) is 0 Å². The van der Waals surface area contributed by atoms with Gasteiger partial charge in [0.15, 0.2) is 5.75 Å². The summed E-state index contributed by atoms with van der Waals surface area (Å²) in [5, 5.41) is 16.1. The summed E-state index contributed by atoms with van der Waals surface area (Å²) in [6.07, 6.45) is 0. The number of nitriles is 1. The monoisotopic (exact) mass is 633 g/mol. The first kappa shape index (κ1) is 29.1. The highest BCUT2D eigenvalue weighted by Crippen LogP contribution is 2.32. The van der Waals surface area contributed by atoms with Gasteiger partial charge in [0.05, 0.1) is 24.2 Å². The lowest BCUT2D eigenvalue weighted by atomic mass is 10.2. The molecule has 0 aliphatic heterocycles. The van der Waals surface area contributed by atoms with Crippen molar-refractivity contribution in [3.05, 3.63) is 101 Å². The molecule has 0 aliphatic carbocycles. The number of anilines is 3. The molecule has 0 spiro atoms. The first-order valence-corrected chi connectivity index (χ1v) is 14.3. The van der Waals surface area contributed by atoms with E-state index in [1.807, 2.05) is 31.2 Å². The molecule has 12 heteroatoms. The normalized spacial score (nSPS) is 11.2. The molecule has 0 bridgehead atoms. The molecule has 1 amide bonds. The standard InChI is InChI=1S/C29H24BrN5O5S/c1-19-12-14-22(30)24(16-19)35-41(37,38)28-17-20(13-15-27(28)39-2)33-34-25(18-31)29(36)32-23-10-6-7-11-26(23)40-21-8-4-3-5-9-21/h3-17,33,35H,1-2H3,(H,32,36). The molecule has 0 heterocycles. The molecule has 0 aromatic heterocycles. The first-order valence-electron chi connectivity index (χ1n) is 12.0. The lowest BCUT2D eigenvalue weighted by Crippen LogP contribution is -2.23. The van der Waals surface area contributed by atoms with Crippen LogP contribution in [0.3, 0.4) is 0 Å². The van der Waals surface area contributed by atoms with Crippen LogP contribution in [0.15, 0.2) is 105 Å². The molecule has 0 fully saturated rings. The Balaban J connectivity index is 1.54. The summed E-state index contributed by atoms with van der Waals surface area (Å²) in [5.41, 5.74) is 3.82. The van der Waals surface area contributed by atoms with Crippen molar-refractivity contribution < 1.29 is 22.7 Å². The summed E-state index contributed by atoms with van der Waals surface area (Å²) in [5.74, 6) is 0.232. The minimum atomic E-state index is -4.10. The molecule has 0 atom stereocenters. The fourth-order valence-electron chi connectivity index (χ4n) is 3.58. The highest BCUT2D eigenvalue weighted by molar-refractivity contribution is 9.10. The Kier molecular flexibility index (Phi) is 9.23. The third-order valence-electron chi connectivity index (χ3n) is 5.54. The second-order valence-corrected chi connectivity index (χ2v) is 11.0. The third kappa shape index (κ3) is 7.42. The maximum absolute atomic E-state index is 13.3. The molecule has 4 aromatic rings. The van der Waals surface area contributed by atoms with E-state index in [0.717, 1.165) is 5.56 Å². The number of nitrogens with one attached hydrogen (secondary N) is 3. The van der Waals surface area contributed by atoms with Gasteiger partial charge in [0.25, 0.3) is 15.9 Å². The van der Waals surface area contributed by atoms with Gasteiger partial charge >= 0.3 is 0 Å². The van der Waals surface area contributed by atoms with Crippen LogP contribution in [0.2, 0.25) is 0 Å². The lowest BCUT2D eigenvalue weighted by Gasteiger charge is -2.14. The largest absolute Gasteiger partial charge is 0.495 e. The highest BCUT2D eigenvalue weighted by Gasteiger charge is 2.22. The van der Waals surface area contributed by atoms with Crippen LogP contribution in [0, 0.1) is 18.3 Å². The third-order valence-corrected chi connectivity index (χ3v) is 7.62. The fraction of sp³-hybridized carbons (Fsp3) is 0.0690. The highest BCUT2D eigenvalue weighted by atomic mass is 79.9. The Labute approximate surface area is 245 Å². The number of halogens is 1. The molecule has 0 radical (unpaired) electrons. The van der Waals surface area contributed by atoms with Gasteiger partial charge in [0, 0.05) is 4.47 Å². The van der Waals surface area contributed by atoms with Crippen molar-refractivity contribution in [2.24, 2.45) is 5.10 Å². The molecule has 0 unspecified atom stereocenters. The topological polar surface area (TPSA) is 142 Å². The number of para-hydroxylation sites is 3. The van der Waals surface area contributed by atoms with Crippen LogP contribution in [-0.4, -0.2) is 27.1 Å². The number of hydrogen-bond acceptors (Lipinski definition) is 8. The minimum Gasteiger partial charge on any atom is -0.495 e. The van der Waals surface area contributed by atoms with Gasteiger partial charge in [-0.3, -0.25) is 14.9 Å². The average Bonchev–Trinajstić information content (AvgIpc) is 2.96. The summed E-state index contributed by atoms with van der Waals surface area (Å²) in [7, 11) is -2.75. The number of carbonyl (C=O) groups excluding carboxylic acids is 1. The second-order valence-electron chi connectivity index (χ2n) is 8.50. The zero-order valence-electron chi connectivity index (χ0n) is 21.9. The van der Waals surface area contributed by atoms with Crippen molar-refractivity contribution in [1.29, 1.82) is 5.26 Å². The van der Waals surface area contributed by atoms with Crippen molar-refractivity contribution >= 4 is 54.6 Å². The van der Waals surface area contributed by atoms with Crippen LogP contribution in [0.5, 0.6) is 17.2 Å². The smallest absolute Gasteiger partial charge is 0.287 e. The van der Waals surface area contributed by atoms with Gasteiger partial charge in [-0.2, -0.15) is 10.4 Å². The van der Waals surface area contributed by atoms with Crippen molar-refractivity contribution in [3.8, 4) is 23.3 Å². The Morgan fingerprint density at radius 2 is 1.66 bits per heavy atom. The lowest BCUT2D eigenvalue weighted by molar-refractivity contribution is -0.110. The number of aryl methyl sites for hydroxylation is 1. The fourth-order valence-corrected chi connectivity index (χ4v) is 5.32. The van der Waals surface area contributed by atoms with Crippen LogP contribution in [0.1, 0.15) is 5.56 Å². The Hall–Kier alpha value is -4.86. The predicted molar refractivity (Wildman–Crippen MR) is 161 cm³/mol. The predicted octanol–water partition coefficient (Wildman–Crippen LogP) is 6.29. The average molecular weight is 635 g/mol. The molecule has 0 saturated heterocycles. The number of benzene rings is 4. The van der Waals surface area contributed by atoms with E-state index in [0.29, 0.717) is 27.3 Å². The molecule has 0 saturated carbocycles. The first-order chi connectivity index (χ1) is 19.7. The molecule has 4 aromatic carbocycles. The zero-order valence-corrected chi connectivity index (χ0v) is 24.3. The van der Waals surface area contributed by atoms with E-state index >= 15 is 0 Å². The number of amides is 1. The number of sulfonamides is 1. The van der Waals surface area contributed by atoms with Crippen molar-refractivity contribution in [2.45, 2.75) is 11.8 Å². The van der Waals surface area contributed by atoms with Crippen LogP contribution in [0.4, 0.5) is 17.1 Å². The van der Waals surface area contributed by atoms with Gasteiger partial charge in [0.2, 0.25) is 5.71 Å². The van der Waals surface area contributed by atoms with Crippen molar-refractivity contribution in [3.63, 3.8) is 0 Å². The van der Waals surface area contributed by atoms with Gasteiger partial charge in [-0.05, 0) is 83.0 Å². The maximum Gasteiger partial charge on any atom is 0.287 e. The quantitative estimate of drug-likeness (QED) is 0.138. The van der Waals surface area contributed by atoms with E-state index in [-0.39, 0.29) is 16.3 Å². The Morgan fingerprint density at radius 1 is 0.927 bits per heavy atom. The molecule has 3 N–H and O–H groups in total. The number of hydrogen-bond donors (Lipinski definition) is 3. The summed E-state index contributed by atoms with van der Waals surface area (Å²) in [6, 6.07) is 27.0. The van der Waals surface area contributed by atoms with Crippen molar-refractivity contribution in [1.82, 2.24) is 0 Å². The molecular formula is C29H24BrN5O5S. The summed E-state index contributed by atoms with van der Waals surface area (Å²) in [6.45, 7) is 1.84. The summed E-state index contributed by atoms with van der Waals surface area (Å²) in [4.78, 5) is 12.7. The Bertz CT molecular complexity index is 1760. The number of ether oxygens (including phenoxy) is 2. The number of rotatable bonds is 10. The van der Waals surface area contributed by atoms with Crippen LogP contribution in [-0.2, 0) is 14.8 Å². The Morgan fingerprint density at radius 3 is 2.39 bits per heavy atom. The van der Waals surface area contributed by atoms with E-state index in [9.17, 15) is 18.5 Å². The van der Waals surface area contributed by atoms with Crippen molar-refractivity contribution in [2.75, 3.05) is 22.6 Å². The van der Waals surface area contributed by atoms with Gasteiger partial charge < -0.3 is 14.8 Å². The van der Waals surface area contributed by atoms with Gasteiger partial charge in [-0.1, -0.05) is 36.4 Å². The van der Waals surface area contributed by atoms with E-state index in [4.69, 9.17) is 9.47 Å². The number of methoxy groups -OCH3 is 1. The molecule has 41 heavy (non-hydrogen) atoms. The van der Waals surface area contributed by atoms with E-state index in [2.05, 4.69) is 36.5 Å². The zero-order chi connectivity index (χ0) is 29.4. The maximum atomic E-state index is 13.3. The SMILES string of the molecule is COc1ccc(NN=C(C#N)C(=O)Nc2ccccc2Oc2ccccc2)cc1S(=O)(=O)Nc1cc(C)ccc1Br. The number of hydrazone groups is 1. The van der Waals surface area contributed by atoms with Crippen LogP contribution in [0.25, 0.3) is 0 Å². The molecule has 208 valence electrons. The number of carbonyl (C=O) groups is 1. The van der Waals surface area contributed by atoms with Gasteiger partial charge in [0.1, 0.15) is 22.5 Å². The minimum absolute atomic E-state index is 0.0871. The molecular weight excluding hydrogens is 610 g/mol. The molecule has 4 rings (SSSR count). The second kappa shape index (κ2) is 13.0. The summed E-state index contributed by atoms with van der Waals surface area (Å²) >= 11 is 3.35. The van der Waals surface area contributed by atoms with E-state index < -0.39 is 21.6 Å². The van der Waals surface area contributed by atoms with Crippen LogP contribution < -0.4 is 24.9 Å². The van der Waals surface area contributed by atoms with Gasteiger partial charge in [-0.25, -0.2) is 8.42 Å². The number of nitrogens with zero attached hydrogens (tertiary/aromatic N) is 2. The summed E-state index contributed by atoms with van der Waals surface area (Å²) < 4.78 is 40.7. The van der Waals surface area contributed by atoms with Crippen LogP contribution >= 0.6 is 15.9 Å².